The van der Waals surface area contributed by atoms with Gasteiger partial charge in [-0.25, -0.2) is 0 Å². The van der Waals surface area contributed by atoms with Gasteiger partial charge in [0.05, 0.1) is 19.6 Å². The van der Waals surface area contributed by atoms with Crippen LogP contribution in [0.2, 0.25) is 0 Å². The number of rotatable bonds is 9. The van der Waals surface area contributed by atoms with E-state index in [1.165, 1.54) is 0 Å². The van der Waals surface area contributed by atoms with Crippen molar-refractivity contribution in [2.75, 3.05) is 39.8 Å². The van der Waals surface area contributed by atoms with Crippen LogP contribution in [-0.4, -0.2) is 74.6 Å². The summed E-state index contributed by atoms with van der Waals surface area (Å²) in [6.45, 7) is 6.46. The third-order valence-electron chi connectivity index (χ3n) is 7.36. The third-order valence-corrected chi connectivity index (χ3v) is 7.36. The second-order valence-corrected chi connectivity index (χ2v) is 10.8. The van der Waals surface area contributed by atoms with Crippen LogP contribution in [0, 0.1) is 13.8 Å². The highest BCUT2D eigenvalue weighted by atomic mass is 16.6. The topological polar surface area (TPSA) is 94.6 Å². The van der Waals surface area contributed by atoms with E-state index in [0.717, 1.165) is 46.5 Å². The van der Waals surface area contributed by atoms with Crippen molar-refractivity contribution in [1.29, 1.82) is 0 Å². The number of amides is 1. The molecule has 3 aromatic rings. The summed E-state index contributed by atoms with van der Waals surface area (Å²) in [6, 6.07) is 19.3. The lowest BCUT2D eigenvalue weighted by Gasteiger charge is -2.22. The Labute approximate surface area is 246 Å². The van der Waals surface area contributed by atoms with Gasteiger partial charge in [-0.1, -0.05) is 30.3 Å². The molecule has 3 aromatic carbocycles. The molecule has 0 saturated carbocycles. The number of hydrogen-bond donors (Lipinski definition) is 0. The Hall–Kier alpha value is -4.31. The Kier molecular flexibility index (Phi) is 9.12. The van der Waals surface area contributed by atoms with Gasteiger partial charge >= 0.3 is 19.1 Å². The van der Waals surface area contributed by atoms with Gasteiger partial charge in [-0.05, 0) is 85.5 Å². The molecule has 9 nitrogen and oxygen atoms in total. The van der Waals surface area contributed by atoms with Gasteiger partial charge in [0.15, 0.2) is 0 Å². The minimum Gasteiger partial charge on any atom is -0.494 e. The molecule has 1 amide bonds. The zero-order valence-corrected chi connectivity index (χ0v) is 24.3. The molecular weight excluding hydrogens is 535 g/mol. The molecule has 0 bridgehead atoms. The lowest BCUT2D eigenvalue weighted by Crippen LogP contribution is -2.47. The first-order valence-corrected chi connectivity index (χ1v) is 14.2. The number of benzene rings is 3. The van der Waals surface area contributed by atoms with Crippen LogP contribution in [0.15, 0.2) is 60.7 Å². The van der Waals surface area contributed by atoms with Crippen molar-refractivity contribution < 1.29 is 33.2 Å². The molecule has 0 radical (unpaired) electrons. The number of hydrogen-bond acceptors (Lipinski definition) is 8. The van der Waals surface area contributed by atoms with Crippen LogP contribution in [0.3, 0.4) is 0 Å². The first-order valence-electron chi connectivity index (χ1n) is 14.2. The standard InChI is InChI=1S/C32H35BN2O7/c1-22-16-28(39-15-14-35-13-5-8-29(35)36)17-23(2)32(22)25-7-4-6-24(18-25)21-40-27-11-9-26(10-12-27)33-41-30(37)19-34(3)20-31(38)42-33/h4,6-7,9-12,16-18H,5,8,13-15,19-21H2,1-3H3. The average molecular weight is 570 g/mol. The molecule has 2 aliphatic heterocycles. The first kappa shape index (κ1) is 29.2. The molecule has 42 heavy (non-hydrogen) atoms. The predicted molar refractivity (Wildman–Crippen MR) is 159 cm³/mol. The van der Waals surface area contributed by atoms with Crippen LogP contribution < -0.4 is 14.9 Å². The molecule has 2 saturated heterocycles. The Morgan fingerprint density at radius 2 is 1.55 bits per heavy atom. The second kappa shape index (κ2) is 13.1. The molecule has 0 spiro atoms. The lowest BCUT2D eigenvalue weighted by molar-refractivity contribution is -0.145. The van der Waals surface area contributed by atoms with E-state index in [9.17, 15) is 14.4 Å². The van der Waals surface area contributed by atoms with Gasteiger partial charge in [-0.3, -0.25) is 19.3 Å². The molecule has 0 unspecified atom stereocenters. The largest absolute Gasteiger partial charge is 0.636 e. The molecule has 10 heteroatoms. The maximum atomic E-state index is 12.1. The summed E-state index contributed by atoms with van der Waals surface area (Å²) >= 11 is 0. The van der Waals surface area contributed by atoms with Crippen LogP contribution in [0.25, 0.3) is 11.1 Å². The van der Waals surface area contributed by atoms with E-state index >= 15 is 0 Å². The van der Waals surface area contributed by atoms with E-state index in [1.54, 1.807) is 36.2 Å². The molecule has 218 valence electrons. The van der Waals surface area contributed by atoms with Crippen LogP contribution in [0.1, 0.15) is 29.5 Å². The van der Waals surface area contributed by atoms with E-state index in [2.05, 4.69) is 26.0 Å². The van der Waals surface area contributed by atoms with Crippen molar-refractivity contribution >= 4 is 30.4 Å². The van der Waals surface area contributed by atoms with Crippen molar-refractivity contribution in [3.05, 3.63) is 77.4 Å². The monoisotopic (exact) mass is 570 g/mol. The van der Waals surface area contributed by atoms with Gasteiger partial charge in [0.2, 0.25) is 5.91 Å². The average Bonchev–Trinajstić information content (AvgIpc) is 3.35. The van der Waals surface area contributed by atoms with Crippen LogP contribution >= 0.6 is 0 Å². The molecule has 2 aliphatic rings. The van der Waals surface area contributed by atoms with Crippen molar-refractivity contribution in [1.82, 2.24) is 9.80 Å². The zero-order chi connectivity index (χ0) is 29.6. The zero-order valence-electron chi connectivity index (χ0n) is 24.3. The maximum Gasteiger partial charge on any atom is 0.636 e. The van der Waals surface area contributed by atoms with Crippen molar-refractivity contribution in [2.24, 2.45) is 0 Å². The summed E-state index contributed by atoms with van der Waals surface area (Å²) in [7, 11) is 0.572. The smallest absolute Gasteiger partial charge is 0.494 e. The van der Waals surface area contributed by atoms with Gasteiger partial charge < -0.3 is 23.7 Å². The second-order valence-electron chi connectivity index (χ2n) is 10.8. The summed E-state index contributed by atoms with van der Waals surface area (Å²) < 4.78 is 22.7. The highest BCUT2D eigenvalue weighted by molar-refractivity contribution is 6.64. The third kappa shape index (κ3) is 7.30. The predicted octanol–water partition coefficient (Wildman–Crippen LogP) is 3.28. The SMILES string of the molecule is Cc1cc(OCCN2CCCC2=O)cc(C)c1-c1cccc(COc2ccc(B3OC(=O)CN(C)CC(=O)O3)cc2)c1. The molecule has 0 aromatic heterocycles. The van der Waals surface area contributed by atoms with Crippen molar-refractivity contribution in [3.63, 3.8) is 0 Å². The van der Waals surface area contributed by atoms with Gasteiger partial charge in [0.25, 0.3) is 0 Å². The van der Waals surface area contributed by atoms with Gasteiger partial charge in [-0.2, -0.15) is 0 Å². The van der Waals surface area contributed by atoms with Crippen LogP contribution in [-0.2, 0) is 30.3 Å². The van der Waals surface area contributed by atoms with E-state index in [4.69, 9.17) is 18.8 Å². The number of ether oxygens (including phenoxy) is 2. The summed E-state index contributed by atoms with van der Waals surface area (Å²) in [5.74, 6) is 0.730. The van der Waals surface area contributed by atoms with E-state index < -0.39 is 19.1 Å². The van der Waals surface area contributed by atoms with Crippen molar-refractivity contribution in [3.8, 4) is 22.6 Å². The quantitative estimate of drug-likeness (QED) is 0.362. The minimum atomic E-state index is -1.08. The normalized spacial score (nSPS) is 16.1. The Balaban J connectivity index is 1.20. The summed E-state index contributed by atoms with van der Waals surface area (Å²) in [6.07, 6.45) is 1.57. The van der Waals surface area contributed by atoms with E-state index in [1.807, 2.05) is 29.2 Å². The fourth-order valence-electron chi connectivity index (χ4n) is 5.35. The number of carbonyl (C=O) groups excluding carboxylic acids is 3. The van der Waals surface area contributed by atoms with Crippen LogP contribution in [0.5, 0.6) is 11.5 Å². The van der Waals surface area contributed by atoms with Gasteiger partial charge in [0.1, 0.15) is 24.7 Å². The summed E-state index contributed by atoms with van der Waals surface area (Å²) in [5, 5.41) is 0. The van der Waals surface area contributed by atoms with Gasteiger partial charge in [-0.15, -0.1) is 0 Å². The van der Waals surface area contributed by atoms with Crippen LogP contribution in [0.4, 0.5) is 0 Å². The highest BCUT2D eigenvalue weighted by Gasteiger charge is 2.33. The number of nitrogens with zero attached hydrogens (tertiary/aromatic N) is 2. The number of aryl methyl sites for hydroxylation is 2. The van der Waals surface area contributed by atoms with E-state index in [-0.39, 0.29) is 19.0 Å². The molecule has 2 fully saturated rings. The fourth-order valence-corrected chi connectivity index (χ4v) is 5.35. The number of carbonyl (C=O) groups is 3. The van der Waals surface area contributed by atoms with Crippen molar-refractivity contribution in [2.45, 2.75) is 33.3 Å². The highest BCUT2D eigenvalue weighted by Crippen LogP contribution is 2.32. The molecule has 0 atom stereocenters. The minimum absolute atomic E-state index is 0.0187. The fraction of sp³-hybridized carbons (Fsp3) is 0.344. The summed E-state index contributed by atoms with van der Waals surface area (Å²) in [5.41, 5.74) is 6.03. The Bertz CT molecular complexity index is 1420. The van der Waals surface area contributed by atoms with Gasteiger partial charge in [0, 0.05) is 18.4 Å². The van der Waals surface area contributed by atoms with E-state index in [0.29, 0.717) is 37.4 Å². The first-order chi connectivity index (χ1) is 20.2. The molecule has 0 N–H and O–H groups in total. The molecule has 5 rings (SSSR count). The molecule has 0 aliphatic carbocycles. The Morgan fingerprint density at radius 1 is 0.857 bits per heavy atom. The Morgan fingerprint density at radius 3 is 2.19 bits per heavy atom. The number of likely N-dealkylation sites (tertiary alicyclic amines) is 1. The molecule has 2 heterocycles. The maximum absolute atomic E-state index is 12.1. The lowest BCUT2D eigenvalue weighted by atomic mass is 9.78. The summed E-state index contributed by atoms with van der Waals surface area (Å²) in [4.78, 5) is 39.3. The molecular formula is C32H35BN2O7. The number of likely N-dealkylation sites (N-methyl/N-ethyl adjacent to an activating group) is 1.